The first-order valence-corrected chi connectivity index (χ1v) is 8.38. The monoisotopic (exact) mass is 328 g/mol. The van der Waals surface area contributed by atoms with Crippen molar-refractivity contribution in [1.29, 1.82) is 0 Å². The van der Waals surface area contributed by atoms with Gasteiger partial charge in [0.15, 0.2) is 11.6 Å². The molecule has 2 aliphatic rings. The van der Waals surface area contributed by atoms with Gasteiger partial charge >= 0.3 is 0 Å². The fraction of sp³-hybridized carbons (Fsp3) is 0.444. The van der Waals surface area contributed by atoms with E-state index in [9.17, 15) is 4.39 Å². The van der Waals surface area contributed by atoms with Crippen LogP contribution in [0.25, 0.3) is 11.3 Å². The highest BCUT2D eigenvalue weighted by atomic mass is 19.1. The molecule has 126 valence electrons. The summed E-state index contributed by atoms with van der Waals surface area (Å²) in [7, 11) is 0. The first-order chi connectivity index (χ1) is 11.6. The molecule has 1 unspecified atom stereocenters. The minimum absolute atomic E-state index is 0.308. The van der Waals surface area contributed by atoms with Gasteiger partial charge in [0.1, 0.15) is 18.1 Å². The SMILES string of the molecule is CC(C)N1CCN2c3ncc(-c4ncccc4F)cc3OCC2C1. The third-order valence-corrected chi connectivity index (χ3v) is 4.81. The number of anilines is 1. The molecule has 1 fully saturated rings. The quantitative estimate of drug-likeness (QED) is 0.847. The van der Waals surface area contributed by atoms with Gasteiger partial charge in [0.2, 0.25) is 0 Å². The summed E-state index contributed by atoms with van der Waals surface area (Å²) in [6.07, 6.45) is 3.27. The second kappa shape index (κ2) is 6.02. The molecule has 0 spiro atoms. The van der Waals surface area contributed by atoms with Crippen LogP contribution in [0.15, 0.2) is 30.6 Å². The van der Waals surface area contributed by atoms with Crippen molar-refractivity contribution in [3.63, 3.8) is 0 Å². The third kappa shape index (κ3) is 2.60. The van der Waals surface area contributed by atoms with Crippen molar-refractivity contribution in [2.45, 2.75) is 25.9 Å². The fourth-order valence-corrected chi connectivity index (χ4v) is 3.44. The highest BCUT2D eigenvalue weighted by Crippen LogP contribution is 2.36. The predicted molar refractivity (Wildman–Crippen MR) is 90.8 cm³/mol. The standard InChI is InChI=1S/C18H21FN4O/c1-12(2)22-6-7-23-14(10-22)11-24-16-8-13(9-21-18(16)23)17-15(19)4-3-5-20-17/h3-5,8-9,12,14H,6-7,10-11H2,1-2H3. The summed E-state index contributed by atoms with van der Waals surface area (Å²) in [5, 5.41) is 0. The summed E-state index contributed by atoms with van der Waals surface area (Å²) in [4.78, 5) is 13.5. The van der Waals surface area contributed by atoms with Crippen LogP contribution >= 0.6 is 0 Å². The molecule has 6 heteroatoms. The maximum Gasteiger partial charge on any atom is 0.171 e. The molecular weight excluding hydrogens is 307 g/mol. The Morgan fingerprint density at radius 1 is 1.29 bits per heavy atom. The summed E-state index contributed by atoms with van der Waals surface area (Å²) in [5.74, 6) is 1.22. The van der Waals surface area contributed by atoms with Crippen molar-refractivity contribution in [2.75, 3.05) is 31.1 Å². The van der Waals surface area contributed by atoms with Crippen LogP contribution in [0.3, 0.4) is 0 Å². The Kier molecular flexibility index (Phi) is 3.84. The zero-order chi connectivity index (χ0) is 16.7. The van der Waals surface area contributed by atoms with Crippen molar-refractivity contribution >= 4 is 5.82 Å². The molecule has 24 heavy (non-hydrogen) atoms. The molecule has 5 nitrogen and oxygen atoms in total. The van der Waals surface area contributed by atoms with Crippen molar-refractivity contribution < 1.29 is 9.13 Å². The summed E-state index contributed by atoms with van der Waals surface area (Å²) in [6, 6.07) is 5.69. The van der Waals surface area contributed by atoms with E-state index in [2.05, 4.69) is 33.6 Å². The van der Waals surface area contributed by atoms with Gasteiger partial charge in [-0.3, -0.25) is 9.88 Å². The fourth-order valence-electron chi connectivity index (χ4n) is 3.44. The molecule has 2 aromatic rings. The number of piperazine rings is 1. The highest BCUT2D eigenvalue weighted by Gasteiger charge is 2.34. The van der Waals surface area contributed by atoms with Crippen LogP contribution in [0.1, 0.15) is 13.8 Å². The lowest BCUT2D eigenvalue weighted by molar-refractivity contribution is 0.140. The van der Waals surface area contributed by atoms with Crippen LogP contribution < -0.4 is 9.64 Å². The van der Waals surface area contributed by atoms with E-state index in [0.717, 1.165) is 25.5 Å². The zero-order valence-electron chi connectivity index (χ0n) is 13.9. The van der Waals surface area contributed by atoms with Gasteiger partial charge < -0.3 is 9.64 Å². The molecule has 0 radical (unpaired) electrons. The van der Waals surface area contributed by atoms with Crippen LogP contribution in [0, 0.1) is 5.82 Å². The summed E-state index contributed by atoms with van der Waals surface area (Å²) >= 11 is 0. The summed E-state index contributed by atoms with van der Waals surface area (Å²) < 4.78 is 19.9. The van der Waals surface area contributed by atoms with E-state index in [1.54, 1.807) is 18.5 Å². The smallest absolute Gasteiger partial charge is 0.171 e. The number of hydrogen-bond acceptors (Lipinski definition) is 5. The van der Waals surface area contributed by atoms with Gasteiger partial charge in [0, 0.05) is 43.6 Å². The van der Waals surface area contributed by atoms with Crippen molar-refractivity contribution in [3.8, 4) is 17.0 Å². The Hall–Kier alpha value is -2.21. The van der Waals surface area contributed by atoms with Gasteiger partial charge in [0.05, 0.1) is 6.04 Å². The zero-order valence-corrected chi connectivity index (χ0v) is 13.9. The average molecular weight is 328 g/mol. The summed E-state index contributed by atoms with van der Waals surface area (Å²) in [6.45, 7) is 8.01. The molecule has 0 amide bonds. The molecule has 0 aliphatic carbocycles. The number of nitrogens with zero attached hydrogens (tertiary/aromatic N) is 4. The first kappa shape index (κ1) is 15.3. The topological polar surface area (TPSA) is 41.5 Å². The van der Waals surface area contributed by atoms with Gasteiger partial charge in [0.25, 0.3) is 0 Å². The summed E-state index contributed by atoms with van der Waals surface area (Å²) in [5.41, 5.74) is 0.953. The number of halogens is 1. The van der Waals surface area contributed by atoms with E-state index >= 15 is 0 Å². The van der Waals surface area contributed by atoms with Crippen LogP contribution in [-0.2, 0) is 0 Å². The van der Waals surface area contributed by atoms with Crippen molar-refractivity contribution in [1.82, 2.24) is 14.9 Å². The molecule has 0 bridgehead atoms. The lowest BCUT2D eigenvalue weighted by atomic mass is 10.1. The first-order valence-electron chi connectivity index (χ1n) is 8.38. The average Bonchev–Trinajstić information content (AvgIpc) is 2.61. The lowest BCUT2D eigenvalue weighted by Crippen LogP contribution is -2.58. The minimum atomic E-state index is -0.349. The molecular formula is C18H21FN4O. The number of pyridine rings is 2. The lowest BCUT2D eigenvalue weighted by Gasteiger charge is -2.46. The van der Waals surface area contributed by atoms with Crippen molar-refractivity contribution in [2.24, 2.45) is 0 Å². The van der Waals surface area contributed by atoms with E-state index in [1.165, 1.54) is 6.07 Å². The number of ether oxygens (including phenoxy) is 1. The Labute approximate surface area is 141 Å². The van der Waals surface area contributed by atoms with Crippen LogP contribution in [0.2, 0.25) is 0 Å². The van der Waals surface area contributed by atoms with Gasteiger partial charge in [-0.15, -0.1) is 0 Å². The third-order valence-electron chi connectivity index (χ3n) is 4.81. The Bertz CT molecular complexity index is 752. The molecule has 4 heterocycles. The Morgan fingerprint density at radius 3 is 2.96 bits per heavy atom. The van der Waals surface area contributed by atoms with Gasteiger partial charge in [-0.25, -0.2) is 9.37 Å². The normalized spacial score (nSPS) is 20.5. The molecule has 4 rings (SSSR count). The Morgan fingerprint density at radius 2 is 2.17 bits per heavy atom. The second-order valence-corrected chi connectivity index (χ2v) is 6.63. The minimum Gasteiger partial charge on any atom is -0.487 e. The van der Waals surface area contributed by atoms with Crippen molar-refractivity contribution in [3.05, 3.63) is 36.4 Å². The maximum absolute atomic E-state index is 13.9. The molecule has 1 atom stereocenters. The second-order valence-electron chi connectivity index (χ2n) is 6.63. The van der Waals surface area contributed by atoms with Gasteiger partial charge in [-0.05, 0) is 32.0 Å². The van der Waals surface area contributed by atoms with E-state index in [4.69, 9.17) is 4.74 Å². The number of rotatable bonds is 2. The van der Waals surface area contributed by atoms with Crippen LogP contribution in [0.4, 0.5) is 10.2 Å². The largest absolute Gasteiger partial charge is 0.487 e. The molecule has 0 saturated carbocycles. The number of aromatic nitrogens is 2. The Balaban J connectivity index is 1.63. The predicted octanol–water partition coefficient (Wildman–Crippen LogP) is 2.57. The van der Waals surface area contributed by atoms with E-state index < -0.39 is 0 Å². The number of hydrogen-bond donors (Lipinski definition) is 0. The van der Waals surface area contributed by atoms with Gasteiger partial charge in [-0.1, -0.05) is 0 Å². The van der Waals surface area contributed by atoms with E-state index in [-0.39, 0.29) is 5.82 Å². The van der Waals surface area contributed by atoms with Crippen LogP contribution in [0.5, 0.6) is 5.75 Å². The maximum atomic E-state index is 13.9. The molecule has 1 saturated heterocycles. The molecule has 0 N–H and O–H groups in total. The van der Waals surface area contributed by atoms with Gasteiger partial charge in [-0.2, -0.15) is 0 Å². The number of fused-ring (bicyclic) bond motifs is 3. The highest BCUT2D eigenvalue weighted by molar-refractivity contribution is 5.67. The molecule has 2 aliphatic heterocycles. The molecule has 2 aromatic heterocycles. The van der Waals surface area contributed by atoms with E-state index in [0.29, 0.717) is 35.7 Å². The van der Waals surface area contributed by atoms with E-state index in [1.807, 2.05) is 6.07 Å². The van der Waals surface area contributed by atoms with Crippen LogP contribution in [-0.4, -0.2) is 53.2 Å². The molecule has 0 aromatic carbocycles.